The Kier molecular flexibility index (Phi) is 19.9. The van der Waals surface area contributed by atoms with Crippen LogP contribution < -0.4 is 0 Å². The van der Waals surface area contributed by atoms with Crippen molar-refractivity contribution in [1.82, 2.24) is 0 Å². The van der Waals surface area contributed by atoms with Gasteiger partial charge in [0.2, 0.25) is 0 Å². The van der Waals surface area contributed by atoms with Gasteiger partial charge in [-0.15, -0.1) is 0 Å². The molecule has 0 saturated carbocycles. The van der Waals surface area contributed by atoms with Crippen molar-refractivity contribution < 1.29 is 93.1 Å². The number of carbonyl (C=O) groups is 2. The van der Waals surface area contributed by atoms with Gasteiger partial charge in [-0.2, -0.15) is 0 Å². The molecule has 19 heteroatoms. The average molecular weight is 1100 g/mol. The monoisotopic (exact) mass is 1100 g/mol. The Labute approximate surface area is 459 Å². The average Bonchev–Trinajstić information content (AvgIpc) is 3.72. The van der Waals surface area contributed by atoms with E-state index in [1.807, 2.05) is 39.0 Å². The van der Waals surface area contributed by atoms with Crippen LogP contribution in [0.15, 0.2) is 60.8 Å². The van der Waals surface area contributed by atoms with Crippen molar-refractivity contribution in [3.63, 3.8) is 0 Å². The highest BCUT2D eigenvalue weighted by atomic mass is 16.7. The Bertz CT molecular complexity index is 2180. The fraction of sp³-hybridized carbons (Fsp3) is 0.797. The van der Waals surface area contributed by atoms with Crippen molar-refractivity contribution in [1.29, 1.82) is 0 Å². The molecule has 0 aromatic carbocycles. The molecule has 24 atom stereocenters. The Hall–Kier alpha value is -2.80. The first-order chi connectivity index (χ1) is 36.8. The van der Waals surface area contributed by atoms with Gasteiger partial charge in [-0.3, -0.25) is 9.59 Å². The molecule has 0 aliphatic carbocycles. The number of ketones is 1. The van der Waals surface area contributed by atoms with Crippen LogP contribution in [-0.4, -0.2) is 187 Å². The van der Waals surface area contributed by atoms with E-state index in [2.05, 4.69) is 13.2 Å². The first-order valence-electron chi connectivity index (χ1n) is 28.6. The number of aliphatic hydroxyl groups is 8. The SMILES string of the molecule is C=CC=CC(O)CC(=C)CC1OC2C(C)C(OC(=O)CC3CC(O)CC4(CC(C)(O)CC(C=C5COC(C(C)C(=O)CC6CC(OC)CC7(CC(O)CC(C=CCCCC8OC(O)(CC(O)C8C)C2O)O7)O6)C5C)O4)O3)C1O. The second kappa shape index (κ2) is 25.4. The highest BCUT2D eigenvalue weighted by molar-refractivity contribution is 5.82. The molecule has 8 aliphatic heterocycles. The fourth-order valence-electron chi connectivity index (χ4n) is 13.9. The molecule has 8 rings (SSSR count). The van der Waals surface area contributed by atoms with Crippen LogP contribution in [0.1, 0.15) is 137 Å². The van der Waals surface area contributed by atoms with Crippen LogP contribution in [0.3, 0.4) is 0 Å². The summed E-state index contributed by atoms with van der Waals surface area (Å²) in [5.74, 6) is -8.09. The van der Waals surface area contributed by atoms with Crippen LogP contribution >= 0.6 is 0 Å². The highest BCUT2D eigenvalue weighted by Gasteiger charge is 2.58. The normalized spacial score (nSPS) is 47.7. The number of methoxy groups -OCH3 is 1. The number of fused-ring (bicyclic) bond motifs is 10. The maximum Gasteiger partial charge on any atom is 0.308 e. The largest absolute Gasteiger partial charge is 0.459 e. The van der Waals surface area contributed by atoms with Gasteiger partial charge in [0, 0.05) is 95.0 Å². The molecule has 8 aliphatic rings. The standard InChI is InChI=1S/C59H90O19/c1-9-10-14-38(60)17-32(2)18-49-51(66)53-36(6)54(72-49)55(67)59(69)29-47(64)34(4)48(78-59)16-13-11-12-15-41-20-39(61)25-57(74-41)28-44(70-8)22-43(75-57)23-46(63)35(5)52-33(3)37(30-71-52)19-45-27-56(7,68)31-58(77-45)26-40(62)21-42(76-58)24-50(65)73-53/h9-10,12,14-15,19,33-36,38-45,47-49,51-55,60-62,64,66-69H,1-2,11,13,16-18,20-31H2,3-8H3. The van der Waals surface area contributed by atoms with Crippen LogP contribution in [0.5, 0.6) is 0 Å². The lowest BCUT2D eigenvalue weighted by Gasteiger charge is -2.51. The maximum absolute atomic E-state index is 14.2. The summed E-state index contributed by atoms with van der Waals surface area (Å²) in [6, 6.07) is 0. The van der Waals surface area contributed by atoms with Crippen molar-refractivity contribution in [2.24, 2.45) is 23.7 Å². The third-order valence-electron chi connectivity index (χ3n) is 17.9. The number of hydrogen-bond acceptors (Lipinski definition) is 19. The molecular weight excluding hydrogens is 1010 g/mol. The molecule has 78 heavy (non-hydrogen) atoms. The van der Waals surface area contributed by atoms with Gasteiger partial charge in [-0.25, -0.2) is 0 Å². The lowest BCUT2D eigenvalue weighted by atomic mass is 9.78. The molecule has 24 unspecified atom stereocenters. The van der Waals surface area contributed by atoms with E-state index in [0.717, 1.165) is 5.57 Å². The summed E-state index contributed by atoms with van der Waals surface area (Å²) < 4.78 is 57.8. The fourth-order valence-corrected chi connectivity index (χ4v) is 13.9. The first kappa shape index (κ1) is 61.3. The zero-order chi connectivity index (χ0) is 56.5. The molecule has 0 amide bonds. The lowest BCUT2D eigenvalue weighted by Crippen LogP contribution is -2.65. The van der Waals surface area contributed by atoms with Gasteiger partial charge in [-0.1, -0.05) is 82.9 Å². The molecule has 440 valence electrons. The predicted octanol–water partition coefficient (Wildman–Crippen LogP) is 4.22. The topological polar surface area (TPSA) is 279 Å². The third-order valence-corrected chi connectivity index (χ3v) is 17.9. The minimum atomic E-state index is -2.35. The molecule has 8 N–H and O–H groups in total. The number of allylic oxidation sites excluding steroid dienone is 3. The summed E-state index contributed by atoms with van der Waals surface area (Å²) in [7, 11) is 1.62. The molecule has 7 saturated heterocycles. The van der Waals surface area contributed by atoms with Crippen molar-refractivity contribution in [3.8, 4) is 0 Å². The van der Waals surface area contributed by atoms with E-state index in [0.29, 0.717) is 44.1 Å². The van der Waals surface area contributed by atoms with Gasteiger partial charge >= 0.3 is 5.97 Å². The second-order valence-electron chi connectivity index (χ2n) is 24.7. The molecule has 12 bridgehead atoms. The molecule has 8 heterocycles. The van der Waals surface area contributed by atoms with Crippen LogP contribution in [-0.2, 0) is 52.2 Å². The van der Waals surface area contributed by atoms with E-state index in [-0.39, 0.29) is 88.6 Å². The zero-order valence-electron chi connectivity index (χ0n) is 46.5. The van der Waals surface area contributed by atoms with E-state index in [4.69, 9.17) is 42.6 Å². The van der Waals surface area contributed by atoms with E-state index in [9.17, 15) is 50.4 Å². The summed E-state index contributed by atoms with van der Waals surface area (Å²) in [6.07, 6.45) is -2.39. The Morgan fingerprint density at radius 1 is 0.833 bits per heavy atom. The van der Waals surface area contributed by atoms with Crippen molar-refractivity contribution in [2.75, 3.05) is 13.7 Å². The van der Waals surface area contributed by atoms with Crippen LogP contribution in [0, 0.1) is 23.7 Å². The van der Waals surface area contributed by atoms with E-state index in [1.165, 1.54) is 12.2 Å². The number of esters is 1. The van der Waals surface area contributed by atoms with Crippen molar-refractivity contribution in [3.05, 3.63) is 60.8 Å². The third kappa shape index (κ3) is 14.5. The van der Waals surface area contributed by atoms with Gasteiger partial charge < -0.3 is 83.5 Å². The smallest absolute Gasteiger partial charge is 0.308 e. The number of rotatable bonds is 7. The number of Topliss-reactive ketones (excluding diaryl/α,β-unsaturated/α-hetero) is 1. The van der Waals surface area contributed by atoms with Gasteiger partial charge in [0.25, 0.3) is 0 Å². The van der Waals surface area contributed by atoms with Crippen molar-refractivity contribution >= 4 is 11.8 Å². The molecule has 0 aromatic heterocycles. The minimum Gasteiger partial charge on any atom is -0.459 e. The molecule has 2 spiro atoms. The molecule has 0 radical (unpaired) electrons. The van der Waals surface area contributed by atoms with Gasteiger partial charge in [-0.05, 0) is 44.6 Å². The van der Waals surface area contributed by atoms with Gasteiger partial charge in [0.1, 0.15) is 24.1 Å². The zero-order valence-corrected chi connectivity index (χ0v) is 46.5. The Balaban J connectivity index is 1.08. The maximum atomic E-state index is 14.2. The molecule has 0 aromatic rings. The van der Waals surface area contributed by atoms with Gasteiger partial charge in [0.15, 0.2) is 17.4 Å². The van der Waals surface area contributed by atoms with Crippen LogP contribution in [0.25, 0.3) is 0 Å². The predicted molar refractivity (Wildman–Crippen MR) is 282 cm³/mol. The van der Waals surface area contributed by atoms with Crippen molar-refractivity contribution in [2.45, 2.75) is 258 Å². The first-order valence-corrected chi connectivity index (χ1v) is 28.6. The number of carbonyl (C=O) groups excluding carboxylic acids is 2. The molecule has 7 fully saturated rings. The Morgan fingerprint density at radius 3 is 2.28 bits per heavy atom. The molecule has 19 nitrogen and oxygen atoms in total. The summed E-state index contributed by atoms with van der Waals surface area (Å²) in [4.78, 5) is 28.4. The van der Waals surface area contributed by atoms with E-state index < -0.39 is 138 Å². The Morgan fingerprint density at radius 2 is 1.54 bits per heavy atom. The molecular formula is C59H90O19. The summed E-state index contributed by atoms with van der Waals surface area (Å²) in [6.45, 7) is 16.9. The van der Waals surface area contributed by atoms with Crippen LogP contribution in [0.4, 0.5) is 0 Å². The summed E-state index contributed by atoms with van der Waals surface area (Å²) in [5.41, 5.74) is 0.0189. The van der Waals surface area contributed by atoms with E-state index in [1.54, 1.807) is 27.0 Å². The number of ether oxygens (including phenoxy) is 9. The number of hydrogen-bond donors (Lipinski definition) is 8. The highest BCUT2D eigenvalue weighted by Crippen LogP contribution is 2.47. The lowest BCUT2D eigenvalue weighted by molar-refractivity contribution is -0.350. The van der Waals surface area contributed by atoms with Gasteiger partial charge in [0.05, 0.1) is 98.0 Å². The summed E-state index contributed by atoms with van der Waals surface area (Å²) in [5, 5.41) is 93.1. The second-order valence-corrected chi connectivity index (χ2v) is 24.7. The number of aliphatic hydroxyl groups excluding tert-OH is 6. The van der Waals surface area contributed by atoms with E-state index >= 15 is 0 Å². The summed E-state index contributed by atoms with van der Waals surface area (Å²) >= 11 is 0. The minimum absolute atomic E-state index is 0.00261. The quantitative estimate of drug-likeness (QED) is 0.101. The van der Waals surface area contributed by atoms with Crippen LogP contribution in [0.2, 0.25) is 0 Å².